The van der Waals surface area contributed by atoms with Crippen LogP contribution in [0.25, 0.3) is 16.6 Å². The molecule has 15 heteroatoms. The third kappa shape index (κ3) is 10.1. The molecule has 1 amide bonds. The zero-order chi connectivity index (χ0) is 42.7. The fourth-order valence-corrected chi connectivity index (χ4v) is 9.86. The molecule has 2 saturated heterocycles. The van der Waals surface area contributed by atoms with Gasteiger partial charge in [-0.05, 0) is 141 Å². The number of ether oxygens (including phenoxy) is 2. The lowest BCUT2D eigenvalue weighted by molar-refractivity contribution is -0.384. The summed E-state index contributed by atoms with van der Waals surface area (Å²) in [5.74, 6) is 0.0662. The van der Waals surface area contributed by atoms with E-state index in [1.807, 2.05) is 30.3 Å². The summed E-state index contributed by atoms with van der Waals surface area (Å²) in [4.78, 5) is 35.0. The van der Waals surface area contributed by atoms with Crippen molar-refractivity contribution >= 4 is 55.5 Å². The van der Waals surface area contributed by atoms with Gasteiger partial charge in [0.2, 0.25) is 0 Å². The molecule has 5 aromatic rings. The molecule has 1 aliphatic carbocycles. The van der Waals surface area contributed by atoms with Crippen LogP contribution < -0.4 is 14.8 Å². The molecule has 3 aromatic carbocycles. The van der Waals surface area contributed by atoms with Gasteiger partial charge in [0.1, 0.15) is 22.8 Å². The van der Waals surface area contributed by atoms with E-state index >= 15 is 0 Å². The number of nitro groups is 1. The van der Waals surface area contributed by atoms with E-state index in [1.165, 1.54) is 28.8 Å². The first-order valence-corrected chi connectivity index (χ1v) is 22.8. The number of hydrogen-bond acceptors (Lipinski definition) is 10. The number of carbonyl (C=O) groups is 1. The van der Waals surface area contributed by atoms with E-state index in [-0.39, 0.29) is 34.3 Å². The van der Waals surface area contributed by atoms with E-state index in [0.29, 0.717) is 31.2 Å². The Labute approximate surface area is 361 Å². The molecule has 2 aliphatic heterocycles. The molecule has 3 aliphatic rings. The Kier molecular flexibility index (Phi) is 12.5. The Morgan fingerprint density at radius 2 is 1.80 bits per heavy atom. The number of sulfonamides is 1. The van der Waals surface area contributed by atoms with Crippen LogP contribution >= 0.6 is 11.6 Å². The van der Waals surface area contributed by atoms with Gasteiger partial charge in [-0.25, -0.2) is 18.1 Å². The van der Waals surface area contributed by atoms with Gasteiger partial charge in [0.25, 0.3) is 21.6 Å². The quantitative estimate of drug-likeness (QED) is 0.0765. The van der Waals surface area contributed by atoms with Crippen molar-refractivity contribution in [1.29, 1.82) is 0 Å². The summed E-state index contributed by atoms with van der Waals surface area (Å²) in [6.45, 7) is 9.13. The van der Waals surface area contributed by atoms with E-state index in [0.717, 1.165) is 86.6 Å². The van der Waals surface area contributed by atoms with Crippen LogP contribution in [0, 0.1) is 21.4 Å². The van der Waals surface area contributed by atoms with E-state index in [4.69, 9.17) is 21.1 Å². The van der Waals surface area contributed by atoms with E-state index in [2.05, 4.69) is 50.9 Å². The van der Waals surface area contributed by atoms with Crippen LogP contribution in [0.15, 0.2) is 95.7 Å². The highest BCUT2D eigenvalue weighted by Gasteiger charge is 2.31. The minimum Gasteiger partial charge on any atom is -0.455 e. The Hall–Kier alpha value is -5.28. The molecule has 2 aromatic heterocycles. The molecule has 0 radical (unpaired) electrons. The first kappa shape index (κ1) is 42.4. The molecule has 0 atom stereocenters. The minimum absolute atomic E-state index is 0.00920. The highest BCUT2D eigenvalue weighted by atomic mass is 35.5. The molecular formula is C46H51ClN6O7S. The molecular weight excluding hydrogens is 816 g/mol. The number of rotatable bonds is 13. The van der Waals surface area contributed by atoms with Gasteiger partial charge in [0.05, 0.1) is 21.6 Å². The van der Waals surface area contributed by atoms with Crippen LogP contribution in [0.1, 0.15) is 86.2 Å². The van der Waals surface area contributed by atoms with E-state index in [9.17, 15) is 23.3 Å². The largest absolute Gasteiger partial charge is 0.455 e. The summed E-state index contributed by atoms with van der Waals surface area (Å²) in [6, 6.07) is 20.7. The topological polar surface area (TPSA) is 169 Å². The first-order chi connectivity index (χ1) is 29.3. The van der Waals surface area contributed by atoms with Gasteiger partial charge < -0.3 is 19.8 Å². The summed E-state index contributed by atoms with van der Waals surface area (Å²) < 4.78 is 41.2. The summed E-state index contributed by atoms with van der Waals surface area (Å²) in [6.07, 6.45) is 9.98. The smallest absolute Gasteiger partial charge is 0.293 e. The van der Waals surface area contributed by atoms with Crippen molar-refractivity contribution in [3.8, 4) is 11.5 Å². The summed E-state index contributed by atoms with van der Waals surface area (Å²) in [5, 5.41) is 16.7. The maximum absolute atomic E-state index is 13.9. The van der Waals surface area contributed by atoms with Gasteiger partial charge >= 0.3 is 0 Å². The predicted octanol–water partition coefficient (Wildman–Crippen LogP) is 9.72. The van der Waals surface area contributed by atoms with Crippen LogP contribution in [0.4, 0.5) is 11.4 Å². The number of piperidine rings is 1. The van der Waals surface area contributed by atoms with Gasteiger partial charge in [0.15, 0.2) is 0 Å². The molecule has 0 saturated carbocycles. The van der Waals surface area contributed by atoms with Crippen molar-refractivity contribution in [1.82, 2.24) is 19.6 Å². The maximum atomic E-state index is 13.9. The average Bonchev–Trinajstić information content (AvgIpc) is 3.72. The van der Waals surface area contributed by atoms with Crippen LogP contribution in [-0.4, -0.2) is 73.5 Å². The van der Waals surface area contributed by atoms with E-state index in [1.54, 1.807) is 24.5 Å². The number of nitrogens with zero attached hydrogens (tertiary/aromatic N) is 3. The lowest BCUT2D eigenvalue weighted by Gasteiger charge is -2.38. The number of benzene rings is 3. The van der Waals surface area contributed by atoms with E-state index < -0.39 is 31.4 Å². The molecule has 3 N–H and O–H groups in total. The number of fused-ring (bicyclic) bond motifs is 1. The van der Waals surface area contributed by atoms with Crippen molar-refractivity contribution in [2.45, 2.75) is 69.6 Å². The molecule has 0 unspecified atom stereocenters. The highest BCUT2D eigenvalue weighted by Crippen LogP contribution is 2.44. The van der Waals surface area contributed by atoms with Gasteiger partial charge in [0, 0.05) is 49.0 Å². The monoisotopic (exact) mass is 866 g/mol. The lowest BCUT2D eigenvalue weighted by Crippen LogP contribution is -2.35. The summed E-state index contributed by atoms with van der Waals surface area (Å²) >= 11 is 6.24. The zero-order valence-electron chi connectivity index (χ0n) is 34.4. The third-order valence-electron chi connectivity index (χ3n) is 12.3. The molecule has 13 nitrogen and oxygen atoms in total. The highest BCUT2D eigenvalue weighted by molar-refractivity contribution is 7.90. The molecule has 8 rings (SSSR count). The number of likely N-dealkylation sites (tertiary alicyclic amines) is 1. The number of H-pyrrole nitrogens is 1. The molecule has 2 fully saturated rings. The number of amides is 1. The number of aromatic nitrogens is 2. The van der Waals surface area contributed by atoms with Crippen LogP contribution in [0.5, 0.6) is 11.5 Å². The number of allylic oxidation sites excluding steroid dienone is 1. The molecule has 0 spiro atoms. The number of halogens is 1. The second-order valence-corrected chi connectivity index (χ2v) is 19.4. The number of nitrogens with one attached hydrogen (secondary N) is 3. The van der Waals surface area contributed by atoms with Gasteiger partial charge in [-0.3, -0.25) is 19.8 Å². The number of nitro benzene ring substituents is 1. The number of anilines is 1. The number of carbonyl (C=O) groups excluding carboxylic acids is 1. The van der Waals surface area contributed by atoms with Crippen molar-refractivity contribution in [2.24, 2.45) is 11.3 Å². The van der Waals surface area contributed by atoms with Gasteiger partial charge in [-0.2, -0.15) is 0 Å². The Morgan fingerprint density at radius 1 is 1.03 bits per heavy atom. The van der Waals surface area contributed by atoms with Crippen molar-refractivity contribution < 1.29 is 27.6 Å². The predicted molar refractivity (Wildman–Crippen MR) is 237 cm³/mol. The second kappa shape index (κ2) is 18.0. The Bertz CT molecular complexity index is 2560. The Morgan fingerprint density at radius 3 is 2.56 bits per heavy atom. The standard InChI is InChI=1S/C46H51ClN6O7S/c1-46(2)17-11-35(40(26-46)32-3-6-36(47)7-4-32)29-52-19-13-31(14-20-52)33-5-9-39(43(24-33)60-37-23-34-12-18-48-44(34)50-28-37)45(54)51-61(57,58)38-8-10-41(42(25-38)53(55)56)49-27-30-15-21-59-22-16-30/h3-10,12,18,23-25,28,30-31,49H,11,13-17,19-22,26-27,29H2,1-2H3,(H,48,50)(H,51,54). The molecule has 320 valence electrons. The molecule has 0 bridgehead atoms. The lowest BCUT2D eigenvalue weighted by atomic mass is 9.72. The van der Waals surface area contributed by atoms with Crippen molar-refractivity contribution in [2.75, 3.05) is 44.7 Å². The number of hydrogen-bond donors (Lipinski definition) is 3. The maximum Gasteiger partial charge on any atom is 0.293 e. The fraction of sp³-hybridized carbons (Fsp3) is 0.391. The fourth-order valence-electron chi connectivity index (χ4n) is 8.75. The molecule has 61 heavy (non-hydrogen) atoms. The SMILES string of the molecule is CC1(C)CCC(CN2CCC(c3ccc(C(=O)NS(=O)(=O)c4ccc(NCC5CCOCC5)c([N+](=O)[O-])c4)c(Oc4cnc5[nH]ccc5c4)c3)CC2)=C(c2ccc(Cl)cc2)C1. The van der Waals surface area contributed by atoms with Crippen LogP contribution in [0.2, 0.25) is 5.02 Å². The number of aromatic amines is 1. The van der Waals surface area contributed by atoms with Crippen molar-refractivity contribution in [3.05, 3.63) is 123 Å². The van der Waals surface area contributed by atoms with Crippen molar-refractivity contribution in [3.63, 3.8) is 0 Å². The normalized spacial score (nSPS) is 18.0. The third-order valence-corrected chi connectivity index (χ3v) is 13.9. The molecule has 4 heterocycles. The van der Waals surface area contributed by atoms with Gasteiger partial charge in [-0.15, -0.1) is 0 Å². The number of pyridine rings is 1. The summed E-state index contributed by atoms with van der Waals surface area (Å²) in [7, 11) is -4.54. The average molecular weight is 867 g/mol. The van der Waals surface area contributed by atoms with Gasteiger partial charge in [-0.1, -0.05) is 49.2 Å². The van der Waals surface area contributed by atoms with Crippen LogP contribution in [-0.2, 0) is 14.8 Å². The second-order valence-electron chi connectivity index (χ2n) is 17.2. The summed E-state index contributed by atoms with van der Waals surface area (Å²) in [5.41, 5.74) is 5.82. The zero-order valence-corrected chi connectivity index (χ0v) is 36.0. The first-order valence-electron chi connectivity index (χ1n) is 20.9. The Balaban J connectivity index is 1.00. The minimum atomic E-state index is -4.54. The van der Waals surface area contributed by atoms with Crippen LogP contribution in [0.3, 0.4) is 0 Å².